The van der Waals surface area contributed by atoms with E-state index in [-0.39, 0.29) is 0 Å². The highest BCUT2D eigenvalue weighted by Gasteiger charge is 2.11. The van der Waals surface area contributed by atoms with Gasteiger partial charge < -0.3 is 9.47 Å². The molecule has 2 aromatic carbocycles. The fourth-order valence-electron chi connectivity index (χ4n) is 2.52. The van der Waals surface area contributed by atoms with E-state index in [1.165, 1.54) is 5.56 Å². The lowest BCUT2D eigenvalue weighted by Crippen LogP contribution is -1.93. The van der Waals surface area contributed by atoms with Gasteiger partial charge in [-0.3, -0.25) is 0 Å². The Bertz CT molecular complexity index is 796. The van der Waals surface area contributed by atoms with Crippen LogP contribution in [0.25, 0.3) is 22.2 Å². The molecule has 0 bridgehead atoms. The van der Waals surface area contributed by atoms with Crippen LogP contribution in [0.5, 0.6) is 11.5 Å². The molecule has 106 valence electrons. The molecule has 3 aromatic rings. The highest BCUT2D eigenvalue weighted by atomic mass is 16.5. The van der Waals surface area contributed by atoms with Crippen LogP contribution in [0.1, 0.15) is 5.56 Å². The maximum absolute atomic E-state index is 5.43. The number of ether oxygens (including phenoxy) is 2. The Morgan fingerprint density at radius 2 is 1.52 bits per heavy atom. The third-order valence-electron chi connectivity index (χ3n) is 3.64. The molecule has 0 saturated carbocycles. The molecule has 3 rings (SSSR count). The summed E-state index contributed by atoms with van der Waals surface area (Å²) in [5, 5.41) is 0.953. The first kappa shape index (κ1) is 13.4. The molecular weight excluding hydrogens is 262 g/mol. The summed E-state index contributed by atoms with van der Waals surface area (Å²) in [6.45, 7) is 2.09. The summed E-state index contributed by atoms with van der Waals surface area (Å²) in [6.07, 6.45) is 0. The van der Waals surface area contributed by atoms with Crippen LogP contribution in [-0.2, 0) is 0 Å². The Morgan fingerprint density at radius 1 is 0.810 bits per heavy atom. The summed E-state index contributed by atoms with van der Waals surface area (Å²) in [5.41, 5.74) is 4.08. The molecule has 0 aliphatic heterocycles. The van der Waals surface area contributed by atoms with Gasteiger partial charge in [0, 0.05) is 10.9 Å². The monoisotopic (exact) mass is 279 g/mol. The molecule has 0 aliphatic rings. The smallest absolute Gasteiger partial charge is 0.145 e. The van der Waals surface area contributed by atoms with Crippen LogP contribution in [0.3, 0.4) is 0 Å². The minimum absolute atomic E-state index is 0.751. The van der Waals surface area contributed by atoms with Gasteiger partial charge in [0.15, 0.2) is 0 Å². The molecule has 3 heteroatoms. The molecule has 0 fully saturated rings. The van der Waals surface area contributed by atoms with Crippen LogP contribution in [0.15, 0.2) is 48.5 Å². The second-order valence-corrected chi connectivity index (χ2v) is 4.88. The van der Waals surface area contributed by atoms with Crippen LogP contribution in [-0.4, -0.2) is 19.2 Å². The fraction of sp³-hybridized carbons (Fsp3) is 0.167. The Balaban J connectivity index is 2.27. The number of benzene rings is 2. The Morgan fingerprint density at radius 3 is 2.24 bits per heavy atom. The van der Waals surface area contributed by atoms with E-state index >= 15 is 0 Å². The second-order valence-electron chi connectivity index (χ2n) is 4.88. The highest BCUT2D eigenvalue weighted by Crippen LogP contribution is 2.34. The van der Waals surface area contributed by atoms with Gasteiger partial charge in [-0.15, -0.1) is 0 Å². The number of aryl methyl sites for hydroxylation is 1. The van der Waals surface area contributed by atoms with Crippen molar-refractivity contribution in [3.05, 3.63) is 54.1 Å². The van der Waals surface area contributed by atoms with Crippen LogP contribution >= 0.6 is 0 Å². The zero-order valence-electron chi connectivity index (χ0n) is 12.4. The molecule has 1 heterocycles. The number of rotatable bonds is 3. The third kappa shape index (κ3) is 2.31. The van der Waals surface area contributed by atoms with Gasteiger partial charge >= 0.3 is 0 Å². The molecule has 0 spiro atoms. The van der Waals surface area contributed by atoms with E-state index in [0.717, 1.165) is 33.7 Å². The Hall–Kier alpha value is -2.55. The molecule has 0 saturated heterocycles. The minimum Gasteiger partial charge on any atom is -0.496 e. The number of aromatic nitrogens is 1. The summed E-state index contributed by atoms with van der Waals surface area (Å²) >= 11 is 0. The number of pyridine rings is 1. The van der Waals surface area contributed by atoms with Gasteiger partial charge in [0.25, 0.3) is 0 Å². The normalized spacial score (nSPS) is 10.6. The van der Waals surface area contributed by atoms with Gasteiger partial charge in [-0.2, -0.15) is 0 Å². The molecule has 0 unspecified atom stereocenters. The van der Waals surface area contributed by atoms with Crippen LogP contribution in [0.2, 0.25) is 0 Å². The first-order chi connectivity index (χ1) is 10.2. The van der Waals surface area contributed by atoms with Crippen LogP contribution in [0, 0.1) is 6.92 Å². The van der Waals surface area contributed by atoms with E-state index in [1.807, 2.05) is 36.4 Å². The van der Waals surface area contributed by atoms with Crippen LogP contribution < -0.4 is 9.47 Å². The highest BCUT2D eigenvalue weighted by molar-refractivity contribution is 5.91. The summed E-state index contributed by atoms with van der Waals surface area (Å²) in [7, 11) is 3.32. The summed E-state index contributed by atoms with van der Waals surface area (Å²) in [4.78, 5) is 4.78. The van der Waals surface area contributed by atoms with Gasteiger partial charge in [-0.05, 0) is 36.8 Å². The molecule has 0 aliphatic carbocycles. The number of methoxy groups -OCH3 is 2. The predicted molar refractivity (Wildman–Crippen MR) is 85.0 cm³/mol. The first-order valence-corrected chi connectivity index (χ1v) is 6.82. The van der Waals surface area contributed by atoms with Gasteiger partial charge in [-0.25, -0.2) is 4.98 Å². The maximum Gasteiger partial charge on any atom is 0.145 e. The van der Waals surface area contributed by atoms with Crippen molar-refractivity contribution in [2.45, 2.75) is 6.92 Å². The van der Waals surface area contributed by atoms with Crippen molar-refractivity contribution in [3.63, 3.8) is 0 Å². The zero-order valence-corrected chi connectivity index (χ0v) is 12.4. The largest absolute Gasteiger partial charge is 0.496 e. The van der Waals surface area contributed by atoms with Crippen molar-refractivity contribution in [1.82, 2.24) is 4.98 Å². The first-order valence-electron chi connectivity index (χ1n) is 6.82. The van der Waals surface area contributed by atoms with Crippen molar-refractivity contribution in [3.8, 4) is 22.8 Å². The van der Waals surface area contributed by atoms with Crippen LogP contribution in [0.4, 0.5) is 0 Å². The minimum atomic E-state index is 0.751. The number of hydrogen-bond donors (Lipinski definition) is 0. The standard InChI is InChI=1S/C18H17NO2/c1-12-6-4-5-7-13(12)15-9-8-14-16(20-2)10-11-17(21-3)18(14)19-15/h4-11H,1-3H3. The van der Waals surface area contributed by atoms with Gasteiger partial charge in [0.2, 0.25) is 0 Å². The quantitative estimate of drug-likeness (QED) is 0.719. The van der Waals surface area contributed by atoms with E-state index in [2.05, 4.69) is 19.1 Å². The average molecular weight is 279 g/mol. The van der Waals surface area contributed by atoms with Crippen molar-refractivity contribution in [2.75, 3.05) is 14.2 Å². The zero-order chi connectivity index (χ0) is 14.8. The maximum atomic E-state index is 5.43. The second kappa shape index (κ2) is 5.44. The van der Waals surface area contributed by atoms with Crippen molar-refractivity contribution in [1.29, 1.82) is 0 Å². The number of hydrogen-bond acceptors (Lipinski definition) is 3. The SMILES string of the molecule is COc1ccc(OC)c2nc(-c3ccccc3C)ccc12. The lowest BCUT2D eigenvalue weighted by atomic mass is 10.0. The Labute approximate surface area is 124 Å². The lowest BCUT2D eigenvalue weighted by Gasteiger charge is -2.11. The predicted octanol–water partition coefficient (Wildman–Crippen LogP) is 4.23. The molecular formula is C18H17NO2. The molecule has 3 nitrogen and oxygen atoms in total. The molecule has 0 N–H and O–H groups in total. The van der Waals surface area contributed by atoms with Crippen molar-refractivity contribution in [2.24, 2.45) is 0 Å². The molecule has 1 aromatic heterocycles. The summed E-state index contributed by atoms with van der Waals surface area (Å²) in [6, 6.07) is 16.1. The number of nitrogens with zero attached hydrogens (tertiary/aromatic N) is 1. The van der Waals surface area contributed by atoms with Crippen molar-refractivity contribution < 1.29 is 9.47 Å². The fourth-order valence-corrected chi connectivity index (χ4v) is 2.52. The lowest BCUT2D eigenvalue weighted by molar-refractivity contribution is 0.410. The number of fused-ring (bicyclic) bond motifs is 1. The van der Waals surface area contributed by atoms with Gasteiger partial charge in [0.05, 0.1) is 19.9 Å². The van der Waals surface area contributed by atoms with E-state index in [4.69, 9.17) is 14.5 Å². The van der Waals surface area contributed by atoms with Crippen molar-refractivity contribution >= 4 is 10.9 Å². The topological polar surface area (TPSA) is 31.4 Å². The Kier molecular flexibility index (Phi) is 3.48. The van der Waals surface area contributed by atoms with E-state index in [1.54, 1.807) is 14.2 Å². The average Bonchev–Trinajstić information content (AvgIpc) is 2.53. The van der Waals surface area contributed by atoms with E-state index in [0.29, 0.717) is 0 Å². The third-order valence-corrected chi connectivity index (χ3v) is 3.64. The molecule has 0 amide bonds. The van der Waals surface area contributed by atoms with E-state index < -0.39 is 0 Å². The molecule has 21 heavy (non-hydrogen) atoms. The van der Waals surface area contributed by atoms with Gasteiger partial charge in [0.1, 0.15) is 17.0 Å². The molecule has 0 atom stereocenters. The van der Waals surface area contributed by atoms with E-state index in [9.17, 15) is 0 Å². The summed E-state index contributed by atoms with van der Waals surface area (Å²) in [5.74, 6) is 1.55. The summed E-state index contributed by atoms with van der Waals surface area (Å²) < 4.78 is 10.8. The van der Waals surface area contributed by atoms with Gasteiger partial charge in [-0.1, -0.05) is 24.3 Å². The molecule has 0 radical (unpaired) electrons.